The molecule has 2 aromatic rings. The first-order valence-electron chi connectivity index (χ1n) is 5.58. The van der Waals surface area contributed by atoms with E-state index in [9.17, 15) is 0 Å². The topological polar surface area (TPSA) is 29.9 Å². The van der Waals surface area contributed by atoms with Crippen molar-refractivity contribution in [1.82, 2.24) is 15.1 Å². The normalized spacial score (nSPS) is 20.8. The van der Waals surface area contributed by atoms with Gasteiger partial charge in [-0.2, -0.15) is 5.10 Å². The van der Waals surface area contributed by atoms with Gasteiger partial charge in [-0.1, -0.05) is 6.07 Å². The van der Waals surface area contributed by atoms with Crippen LogP contribution in [0.25, 0.3) is 10.9 Å². The van der Waals surface area contributed by atoms with Gasteiger partial charge in [0, 0.05) is 19.0 Å². The molecule has 3 nitrogen and oxygen atoms in total. The maximum absolute atomic E-state index is 4.38. The lowest BCUT2D eigenvalue weighted by Gasteiger charge is -2.08. The number of fused-ring (bicyclic) bond motifs is 1. The standard InChI is InChI=1S/C12H14BrN3/c1-16-11-6-8(9-4-5-14-7-9)2-3-10(11)12(13)15-16/h2-3,6,9,14H,4-5,7H2,1H3. The number of nitrogens with zero attached hydrogens (tertiary/aromatic N) is 2. The minimum atomic E-state index is 0.665. The van der Waals surface area contributed by atoms with Gasteiger partial charge in [-0.25, -0.2) is 0 Å². The largest absolute Gasteiger partial charge is 0.316 e. The van der Waals surface area contributed by atoms with Crippen LogP contribution in [-0.4, -0.2) is 22.9 Å². The van der Waals surface area contributed by atoms with Gasteiger partial charge in [0.05, 0.1) is 5.52 Å². The molecule has 1 saturated heterocycles. The van der Waals surface area contributed by atoms with Crippen molar-refractivity contribution < 1.29 is 0 Å². The summed E-state index contributed by atoms with van der Waals surface area (Å²) in [4.78, 5) is 0. The third-order valence-corrected chi connectivity index (χ3v) is 3.95. The summed E-state index contributed by atoms with van der Waals surface area (Å²) in [5.41, 5.74) is 2.63. The summed E-state index contributed by atoms with van der Waals surface area (Å²) in [5, 5.41) is 8.97. The van der Waals surface area contributed by atoms with Crippen molar-refractivity contribution in [3.8, 4) is 0 Å². The second-order valence-corrected chi connectivity index (χ2v) is 5.13. The van der Waals surface area contributed by atoms with Gasteiger partial charge >= 0.3 is 0 Å². The fraction of sp³-hybridized carbons (Fsp3) is 0.417. The number of hydrogen-bond acceptors (Lipinski definition) is 2. The Labute approximate surface area is 103 Å². The lowest BCUT2D eigenvalue weighted by Crippen LogP contribution is -2.07. The van der Waals surface area contributed by atoms with E-state index in [0.29, 0.717) is 5.92 Å². The minimum Gasteiger partial charge on any atom is -0.316 e. The molecule has 0 aliphatic carbocycles. The summed E-state index contributed by atoms with van der Waals surface area (Å²) >= 11 is 3.48. The van der Waals surface area contributed by atoms with Crippen LogP contribution in [0, 0.1) is 0 Å². The van der Waals surface area contributed by atoms with Crippen molar-refractivity contribution in [3.63, 3.8) is 0 Å². The summed E-state index contributed by atoms with van der Waals surface area (Å²) in [5.74, 6) is 0.665. The molecule has 2 heterocycles. The van der Waals surface area contributed by atoms with E-state index in [-0.39, 0.29) is 0 Å². The summed E-state index contributed by atoms with van der Waals surface area (Å²) < 4.78 is 2.87. The van der Waals surface area contributed by atoms with Crippen LogP contribution in [0.1, 0.15) is 17.9 Å². The highest BCUT2D eigenvalue weighted by molar-refractivity contribution is 9.10. The maximum atomic E-state index is 4.38. The molecule has 1 aliphatic rings. The van der Waals surface area contributed by atoms with Crippen LogP contribution in [0.4, 0.5) is 0 Å². The Hall–Kier alpha value is -0.870. The van der Waals surface area contributed by atoms with E-state index in [4.69, 9.17) is 0 Å². The van der Waals surface area contributed by atoms with Crippen molar-refractivity contribution in [1.29, 1.82) is 0 Å². The molecule has 1 aromatic carbocycles. The molecule has 0 spiro atoms. The molecule has 1 aliphatic heterocycles. The van der Waals surface area contributed by atoms with Crippen molar-refractivity contribution >= 4 is 26.8 Å². The van der Waals surface area contributed by atoms with Gasteiger partial charge in [0.25, 0.3) is 0 Å². The monoisotopic (exact) mass is 279 g/mol. The first kappa shape index (κ1) is 10.3. The zero-order chi connectivity index (χ0) is 11.1. The second kappa shape index (κ2) is 3.86. The Morgan fingerprint density at radius 2 is 2.38 bits per heavy atom. The number of rotatable bonds is 1. The number of benzene rings is 1. The number of hydrogen-bond donors (Lipinski definition) is 1. The van der Waals surface area contributed by atoms with Gasteiger partial charge in [-0.05, 0) is 52.5 Å². The molecular weight excluding hydrogens is 266 g/mol. The van der Waals surface area contributed by atoms with Crippen LogP contribution >= 0.6 is 15.9 Å². The number of aryl methyl sites for hydroxylation is 1. The highest BCUT2D eigenvalue weighted by Gasteiger charge is 2.17. The van der Waals surface area contributed by atoms with Crippen LogP contribution in [-0.2, 0) is 7.05 Å². The van der Waals surface area contributed by atoms with Gasteiger partial charge in [0.2, 0.25) is 0 Å². The number of nitrogens with one attached hydrogen (secondary N) is 1. The lowest BCUT2D eigenvalue weighted by molar-refractivity contribution is 0.759. The minimum absolute atomic E-state index is 0.665. The predicted molar refractivity (Wildman–Crippen MR) is 68.6 cm³/mol. The SMILES string of the molecule is Cn1nc(Br)c2ccc(C3CCNC3)cc21. The molecule has 1 fully saturated rings. The molecule has 16 heavy (non-hydrogen) atoms. The van der Waals surface area contributed by atoms with E-state index < -0.39 is 0 Å². The molecule has 1 atom stereocenters. The average molecular weight is 280 g/mol. The third-order valence-electron chi connectivity index (χ3n) is 3.36. The van der Waals surface area contributed by atoms with Crippen LogP contribution in [0.2, 0.25) is 0 Å². The first-order chi connectivity index (χ1) is 7.75. The Balaban J connectivity index is 2.11. The molecule has 0 saturated carbocycles. The summed E-state index contributed by atoms with van der Waals surface area (Å²) in [7, 11) is 1.99. The first-order valence-corrected chi connectivity index (χ1v) is 6.38. The van der Waals surface area contributed by atoms with E-state index in [1.807, 2.05) is 11.7 Å². The van der Waals surface area contributed by atoms with Gasteiger partial charge in [-0.3, -0.25) is 4.68 Å². The van der Waals surface area contributed by atoms with Crippen molar-refractivity contribution in [3.05, 3.63) is 28.4 Å². The molecule has 1 aromatic heterocycles. The van der Waals surface area contributed by atoms with Crippen molar-refractivity contribution in [2.24, 2.45) is 7.05 Å². The van der Waals surface area contributed by atoms with Crippen LogP contribution < -0.4 is 5.32 Å². The molecule has 0 radical (unpaired) electrons. The molecule has 1 N–H and O–H groups in total. The number of aromatic nitrogens is 2. The van der Waals surface area contributed by atoms with Gasteiger partial charge in [-0.15, -0.1) is 0 Å². The fourth-order valence-electron chi connectivity index (χ4n) is 2.42. The zero-order valence-electron chi connectivity index (χ0n) is 9.20. The van der Waals surface area contributed by atoms with E-state index >= 15 is 0 Å². The Morgan fingerprint density at radius 1 is 1.50 bits per heavy atom. The quantitative estimate of drug-likeness (QED) is 0.869. The molecule has 3 rings (SSSR count). The van der Waals surface area contributed by atoms with Crippen molar-refractivity contribution in [2.75, 3.05) is 13.1 Å². The highest BCUT2D eigenvalue weighted by Crippen LogP contribution is 2.28. The molecule has 1 unspecified atom stereocenters. The lowest BCUT2D eigenvalue weighted by atomic mass is 9.97. The van der Waals surface area contributed by atoms with Crippen molar-refractivity contribution in [2.45, 2.75) is 12.3 Å². The Morgan fingerprint density at radius 3 is 3.12 bits per heavy atom. The van der Waals surface area contributed by atoms with Crippen LogP contribution in [0.3, 0.4) is 0 Å². The molecule has 84 valence electrons. The third kappa shape index (κ3) is 1.57. The van der Waals surface area contributed by atoms with E-state index in [2.05, 4.69) is 44.5 Å². The van der Waals surface area contributed by atoms with Crippen LogP contribution in [0.15, 0.2) is 22.8 Å². The Kier molecular flexibility index (Phi) is 2.48. The molecular formula is C12H14BrN3. The Bertz CT molecular complexity index is 526. The van der Waals surface area contributed by atoms with Gasteiger partial charge in [0.1, 0.15) is 4.60 Å². The summed E-state index contributed by atoms with van der Waals surface area (Å²) in [6.45, 7) is 2.24. The van der Waals surface area contributed by atoms with Gasteiger partial charge < -0.3 is 5.32 Å². The van der Waals surface area contributed by atoms with E-state index in [1.54, 1.807) is 0 Å². The highest BCUT2D eigenvalue weighted by atomic mass is 79.9. The smallest absolute Gasteiger partial charge is 0.135 e. The van der Waals surface area contributed by atoms with E-state index in [1.165, 1.54) is 22.9 Å². The molecule has 4 heteroatoms. The average Bonchev–Trinajstić information content (AvgIpc) is 2.88. The summed E-state index contributed by atoms with van der Waals surface area (Å²) in [6.07, 6.45) is 1.24. The van der Waals surface area contributed by atoms with E-state index in [0.717, 1.165) is 17.7 Å². The number of halogens is 1. The van der Waals surface area contributed by atoms with Crippen LogP contribution in [0.5, 0.6) is 0 Å². The molecule has 0 amide bonds. The predicted octanol–water partition coefficient (Wildman–Crippen LogP) is 2.41. The fourth-order valence-corrected chi connectivity index (χ4v) is 3.00. The summed E-state index contributed by atoms with van der Waals surface area (Å²) in [6, 6.07) is 6.66. The van der Waals surface area contributed by atoms with Gasteiger partial charge in [0.15, 0.2) is 0 Å². The zero-order valence-corrected chi connectivity index (χ0v) is 10.8. The second-order valence-electron chi connectivity index (χ2n) is 4.38. The molecule has 0 bridgehead atoms. The maximum Gasteiger partial charge on any atom is 0.135 e.